The molecule has 3 heterocycles. The Labute approximate surface area is 98.9 Å². The van der Waals surface area contributed by atoms with Crippen LogP contribution < -0.4 is 5.32 Å². The molecular formula is C10H16N4OS. The summed E-state index contributed by atoms with van der Waals surface area (Å²) in [6.07, 6.45) is 4.91. The Balaban J connectivity index is 1.64. The molecule has 88 valence electrons. The zero-order valence-corrected chi connectivity index (χ0v) is 9.90. The Morgan fingerprint density at radius 3 is 3.19 bits per heavy atom. The van der Waals surface area contributed by atoms with E-state index in [0.717, 1.165) is 13.2 Å². The van der Waals surface area contributed by atoms with Crippen molar-refractivity contribution in [2.24, 2.45) is 0 Å². The first-order valence-corrected chi connectivity index (χ1v) is 6.86. The van der Waals surface area contributed by atoms with Gasteiger partial charge in [0.25, 0.3) is 0 Å². The molecule has 0 aromatic carbocycles. The van der Waals surface area contributed by atoms with Crippen LogP contribution in [0, 0.1) is 0 Å². The average Bonchev–Trinajstić information content (AvgIpc) is 2.98. The first kappa shape index (κ1) is 10.6. The van der Waals surface area contributed by atoms with E-state index in [4.69, 9.17) is 4.74 Å². The lowest BCUT2D eigenvalue weighted by Gasteiger charge is -2.22. The average molecular weight is 240 g/mol. The van der Waals surface area contributed by atoms with Crippen LogP contribution in [0.5, 0.6) is 0 Å². The van der Waals surface area contributed by atoms with Crippen molar-refractivity contribution in [3.63, 3.8) is 0 Å². The summed E-state index contributed by atoms with van der Waals surface area (Å²) in [7, 11) is 0. The number of rotatable bonds is 3. The Hall–Kier alpha value is -0.590. The van der Waals surface area contributed by atoms with Crippen molar-refractivity contribution in [3.05, 3.63) is 12.4 Å². The summed E-state index contributed by atoms with van der Waals surface area (Å²) >= 11 is 2.03. The monoisotopic (exact) mass is 240 g/mol. The van der Waals surface area contributed by atoms with Gasteiger partial charge < -0.3 is 10.1 Å². The van der Waals surface area contributed by atoms with Gasteiger partial charge in [0.15, 0.2) is 0 Å². The minimum atomic E-state index is 0.299. The van der Waals surface area contributed by atoms with Gasteiger partial charge in [0.2, 0.25) is 0 Å². The van der Waals surface area contributed by atoms with E-state index in [1.165, 1.54) is 17.9 Å². The molecule has 6 heteroatoms. The minimum Gasteiger partial charge on any atom is -0.377 e. The molecule has 2 fully saturated rings. The van der Waals surface area contributed by atoms with Crippen LogP contribution in [-0.4, -0.2) is 51.8 Å². The van der Waals surface area contributed by atoms with Crippen molar-refractivity contribution in [3.8, 4) is 0 Å². The van der Waals surface area contributed by atoms with Gasteiger partial charge >= 0.3 is 0 Å². The van der Waals surface area contributed by atoms with E-state index in [2.05, 4.69) is 15.6 Å². The SMILES string of the molecule is c1cn([C@@H]2COC[C@@H]2N[C@@H]2CCSC2)nn1. The topological polar surface area (TPSA) is 52.0 Å². The van der Waals surface area contributed by atoms with Crippen LogP contribution in [0.25, 0.3) is 0 Å². The van der Waals surface area contributed by atoms with Gasteiger partial charge in [-0.1, -0.05) is 5.21 Å². The standard InChI is InChI=1S/C10H16N4OS/c1-4-16-7-8(1)12-9-5-15-6-10(9)14-3-2-11-13-14/h2-3,8-10,12H,1,4-7H2/t8-,9+,10-/m1/s1. The summed E-state index contributed by atoms with van der Waals surface area (Å²) < 4.78 is 7.46. The molecule has 2 aliphatic heterocycles. The van der Waals surface area contributed by atoms with Crippen LogP contribution in [0.15, 0.2) is 12.4 Å². The minimum absolute atomic E-state index is 0.299. The van der Waals surface area contributed by atoms with Crippen LogP contribution in [-0.2, 0) is 4.74 Å². The van der Waals surface area contributed by atoms with Gasteiger partial charge in [0, 0.05) is 18.0 Å². The van der Waals surface area contributed by atoms with Crippen LogP contribution in [0.1, 0.15) is 12.5 Å². The summed E-state index contributed by atoms with van der Waals surface area (Å²) in [5.74, 6) is 2.50. The molecule has 2 aliphatic rings. The summed E-state index contributed by atoms with van der Waals surface area (Å²) in [5.41, 5.74) is 0. The van der Waals surface area contributed by atoms with Gasteiger partial charge in [-0.2, -0.15) is 11.8 Å². The van der Waals surface area contributed by atoms with Gasteiger partial charge in [0.1, 0.15) is 0 Å². The summed E-state index contributed by atoms with van der Waals surface area (Å²) in [5, 5.41) is 11.6. The Kier molecular flexibility index (Phi) is 3.12. The molecule has 0 aliphatic carbocycles. The van der Waals surface area contributed by atoms with Gasteiger partial charge in [-0.15, -0.1) is 5.10 Å². The second kappa shape index (κ2) is 4.73. The van der Waals surface area contributed by atoms with Gasteiger partial charge in [-0.3, -0.25) is 0 Å². The van der Waals surface area contributed by atoms with E-state index >= 15 is 0 Å². The third-order valence-corrected chi connectivity index (χ3v) is 4.37. The van der Waals surface area contributed by atoms with E-state index in [-0.39, 0.29) is 0 Å². The fourth-order valence-electron chi connectivity index (χ4n) is 2.33. The van der Waals surface area contributed by atoms with Crippen LogP contribution in [0.2, 0.25) is 0 Å². The van der Waals surface area contributed by atoms with E-state index < -0.39 is 0 Å². The third-order valence-electron chi connectivity index (χ3n) is 3.21. The third kappa shape index (κ3) is 2.09. The molecule has 0 radical (unpaired) electrons. The van der Waals surface area contributed by atoms with Crippen LogP contribution in [0.4, 0.5) is 0 Å². The number of nitrogens with one attached hydrogen (secondary N) is 1. The highest BCUT2D eigenvalue weighted by molar-refractivity contribution is 7.99. The van der Waals surface area contributed by atoms with Gasteiger partial charge in [0.05, 0.1) is 31.5 Å². The molecule has 3 rings (SSSR count). The second-order valence-electron chi connectivity index (χ2n) is 4.32. The van der Waals surface area contributed by atoms with Crippen molar-refractivity contribution in [1.29, 1.82) is 0 Å². The first-order valence-electron chi connectivity index (χ1n) is 5.71. The molecule has 3 atom stereocenters. The van der Waals surface area contributed by atoms with Crippen molar-refractivity contribution >= 4 is 11.8 Å². The lowest BCUT2D eigenvalue weighted by atomic mass is 10.1. The smallest absolute Gasteiger partial charge is 0.0945 e. The fourth-order valence-corrected chi connectivity index (χ4v) is 3.49. The molecule has 5 nitrogen and oxygen atoms in total. The summed E-state index contributed by atoms with van der Waals surface area (Å²) in [4.78, 5) is 0. The molecule has 1 N–H and O–H groups in total. The fraction of sp³-hybridized carbons (Fsp3) is 0.800. The maximum atomic E-state index is 5.55. The van der Waals surface area contributed by atoms with E-state index in [9.17, 15) is 0 Å². The lowest BCUT2D eigenvalue weighted by Crippen LogP contribution is -2.43. The largest absolute Gasteiger partial charge is 0.377 e. The molecule has 1 aromatic heterocycles. The molecule has 1 aromatic rings. The highest BCUT2D eigenvalue weighted by Crippen LogP contribution is 2.23. The second-order valence-corrected chi connectivity index (χ2v) is 5.47. The zero-order chi connectivity index (χ0) is 10.8. The van der Waals surface area contributed by atoms with Crippen LogP contribution >= 0.6 is 11.8 Å². The van der Waals surface area contributed by atoms with Gasteiger partial charge in [-0.05, 0) is 12.2 Å². The maximum absolute atomic E-state index is 5.55. The Bertz CT molecular complexity index is 326. The lowest BCUT2D eigenvalue weighted by molar-refractivity contribution is 0.180. The molecular weight excluding hydrogens is 224 g/mol. The highest BCUT2D eigenvalue weighted by atomic mass is 32.2. The maximum Gasteiger partial charge on any atom is 0.0945 e. The predicted octanol–water partition coefficient (Wildman–Crippen LogP) is 0.313. The van der Waals surface area contributed by atoms with Gasteiger partial charge in [-0.25, -0.2) is 4.68 Å². The Morgan fingerprint density at radius 2 is 2.44 bits per heavy atom. The zero-order valence-electron chi connectivity index (χ0n) is 9.08. The number of aromatic nitrogens is 3. The first-order chi connectivity index (χ1) is 7.93. The van der Waals surface area contributed by atoms with Crippen molar-refractivity contribution in [2.45, 2.75) is 24.5 Å². The van der Waals surface area contributed by atoms with Crippen molar-refractivity contribution < 1.29 is 4.74 Å². The van der Waals surface area contributed by atoms with E-state index in [1.54, 1.807) is 6.20 Å². The van der Waals surface area contributed by atoms with E-state index in [1.807, 2.05) is 22.6 Å². The van der Waals surface area contributed by atoms with Crippen molar-refractivity contribution in [2.75, 3.05) is 24.7 Å². The predicted molar refractivity (Wildman–Crippen MR) is 62.5 cm³/mol. The number of hydrogen-bond acceptors (Lipinski definition) is 5. The molecule has 16 heavy (non-hydrogen) atoms. The van der Waals surface area contributed by atoms with E-state index in [0.29, 0.717) is 18.1 Å². The number of ether oxygens (including phenoxy) is 1. The number of nitrogens with zero attached hydrogens (tertiary/aromatic N) is 3. The Morgan fingerprint density at radius 1 is 1.44 bits per heavy atom. The number of hydrogen-bond donors (Lipinski definition) is 1. The molecule has 0 bridgehead atoms. The highest BCUT2D eigenvalue weighted by Gasteiger charge is 2.32. The molecule has 0 saturated carbocycles. The summed E-state index contributed by atoms with van der Waals surface area (Å²) in [6.45, 7) is 1.52. The molecule has 0 amide bonds. The normalized spacial score (nSPS) is 34.6. The molecule has 0 unspecified atom stereocenters. The number of thioether (sulfide) groups is 1. The molecule has 2 saturated heterocycles. The quantitative estimate of drug-likeness (QED) is 0.824. The van der Waals surface area contributed by atoms with Crippen molar-refractivity contribution in [1.82, 2.24) is 20.3 Å². The molecule has 0 spiro atoms. The summed E-state index contributed by atoms with van der Waals surface area (Å²) in [6, 6.07) is 1.32. The van der Waals surface area contributed by atoms with Crippen LogP contribution in [0.3, 0.4) is 0 Å².